The molecule has 2 aliphatic heterocycles. The first-order chi connectivity index (χ1) is 36.6. The van der Waals surface area contributed by atoms with Crippen molar-refractivity contribution in [3.8, 4) is 5.82 Å². The van der Waals surface area contributed by atoms with E-state index in [1.807, 2.05) is 0 Å². The summed E-state index contributed by atoms with van der Waals surface area (Å²) < 4.78 is 2.48. The van der Waals surface area contributed by atoms with E-state index in [9.17, 15) is 0 Å². The van der Waals surface area contributed by atoms with Crippen molar-refractivity contribution in [2.45, 2.75) is 205 Å². The molecular weight excluding hydrogens is 944 g/mol. The molecule has 4 aliphatic carbocycles. The van der Waals surface area contributed by atoms with Gasteiger partial charge in [-0.1, -0.05) is 171 Å². The van der Waals surface area contributed by atoms with Gasteiger partial charge in [-0.2, -0.15) is 0 Å². The summed E-state index contributed by atoms with van der Waals surface area (Å²) in [4.78, 5) is 11.7. The molecule has 4 nitrogen and oxygen atoms in total. The summed E-state index contributed by atoms with van der Waals surface area (Å²) in [5, 5.41) is 2.49. The standard InChI is InChI=1S/C73H83BN4/c1-66(2)29-31-68(5,6)50-37-44(25-27-48(50)66)76-60-41-54-52(70(9,10)33-35-72(54,13)14)39-56(60)74-57-40-53-55(73(15,16)36-34-71(53,11)12)42-61(57)77(45-26-28-49-51(38-45)69(7,8)32-30-67(49,3)4)65-64(74)62(76)43-63(75-65)78-58-23-19-17-21-46(58)47-22-18-20-24-59(47)78/h17-28,37-43H,29-36H2,1-16H3. The number of para-hydroxylation sites is 2. The molecule has 78 heavy (non-hydrogen) atoms. The van der Waals surface area contributed by atoms with Gasteiger partial charge in [0, 0.05) is 45.3 Å². The van der Waals surface area contributed by atoms with Crippen LogP contribution in [0.1, 0.15) is 207 Å². The molecule has 6 aromatic carbocycles. The normalized spacial score (nSPS) is 21.7. The van der Waals surface area contributed by atoms with Gasteiger partial charge in [0.2, 0.25) is 0 Å². The molecule has 6 aliphatic rings. The highest BCUT2D eigenvalue weighted by Crippen LogP contribution is 2.56. The van der Waals surface area contributed by atoms with Gasteiger partial charge < -0.3 is 4.90 Å². The zero-order valence-electron chi connectivity index (χ0n) is 50.0. The van der Waals surface area contributed by atoms with E-state index in [2.05, 4.69) is 240 Å². The predicted octanol–water partition coefficient (Wildman–Crippen LogP) is 17.7. The van der Waals surface area contributed by atoms with Crippen molar-refractivity contribution in [2.75, 3.05) is 9.80 Å². The zero-order chi connectivity index (χ0) is 54.8. The molecule has 14 rings (SSSR count). The minimum Gasteiger partial charge on any atom is -0.311 e. The van der Waals surface area contributed by atoms with Crippen molar-refractivity contribution < 1.29 is 0 Å². The van der Waals surface area contributed by atoms with Crippen LogP contribution < -0.4 is 26.2 Å². The van der Waals surface area contributed by atoms with Crippen LogP contribution in [0.25, 0.3) is 27.6 Å². The summed E-state index contributed by atoms with van der Waals surface area (Å²) in [5.41, 5.74) is 24.9. The molecule has 0 N–H and O–H groups in total. The van der Waals surface area contributed by atoms with E-state index in [-0.39, 0.29) is 50.0 Å². The van der Waals surface area contributed by atoms with Gasteiger partial charge in [-0.05, 0) is 204 Å². The van der Waals surface area contributed by atoms with Crippen LogP contribution in [0.3, 0.4) is 0 Å². The average molecular weight is 1030 g/mol. The van der Waals surface area contributed by atoms with Crippen molar-refractivity contribution in [1.82, 2.24) is 9.55 Å². The van der Waals surface area contributed by atoms with Gasteiger partial charge in [-0.3, -0.25) is 9.47 Å². The molecule has 398 valence electrons. The van der Waals surface area contributed by atoms with E-state index in [0.29, 0.717) is 0 Å². The third kappa shape index (κ3) is 7.00. The van der Waals surface area contributed by atoms with Crippen molar-refractivity contribution in [1.29, 1.82) is 0 Å². The second-order valence-electron chi connectivity index (χ2n) is 30.7. The Bertz CT molecular complexity index is 3660. The maximum Gasteiger partial charge on any atom is 0.254 e. The second kappa shape index (κ2) is 15.9. The minimum absolute atomic E-state index is 0.00183. The fourth-order valence-electron chi connectivity index (χ4n) is 16.2. The minimum atomic E-state index is -0.0644. The molecule has 0 saturated carbocycles. The highest BCUT2D eigenvalue weighted by atomic mass is 15.3. The molecule has 8 aromatic rings. The smallest absolute Gasteiger partial charge is 0.254 e. The largest absolute Gasteiger partial charge is 0.311 e. The fourth-order valence-corrected chi connectivity index (χ4v) is 16.2. The second-order valence-corrected chi connectivity index (χ2v) is 30.7. The lowest BCUT2D eigenvalue weighted by Gasteiger charge is -2.49. The van der Waals surface area contributed by atoms with Gasteiger partial charge in [-0.25, -0.2) is 4.98 Å². The number of anilines is 6. The van der Waals surface area contributed by atoms with Gasteiger partial charge in [-0.15, -0.1) is 0 Å². The maximum absolute atomic E-state index is 6.27. The first-order valence-electron chi connectivity index (χ1n) is 29.9. The van der Waals surface area contributed by atoms with Crippen LogP contribution >= 0.6 is 0 Å². The molecular formula is C73H83BN4. The third-order valence-electron chi connectivity index (χ3n) is 21.8. The van der Waals surface area contributed by atoms with E-state index in [1.165, 1.54) is 124 Å². The van der Waals surface area contributed by atoms with Gasteiger partial charge in [0.25, 0.3) is 6.71 Å². The number of benzene rings is 6. The van der Waals surface area contributed by atoms with E-state index in [1.54, 1.807) is 0 Å². The molecule has 4 heterocycles. The highest BCUT2D eigenvalue weighted by Gasteiger charge is 2.50. The van der Waals surface area contributed by atoms with Crippen molar-refractivity contribution in [3.63, 3.8) is 0 Å². The zero-order valence-corrected chi connectivity index (χ0v) is 50.0. The van der Waals surface area contributed by atoms with E-state index >= 15 is 0 Å². The Morgan fingerprint density at radius 1 is 0.346 bits per heavy atom. The van der Waals surface area contributed by atoms with Crippen molar-refractivity contribution in [3.05, 3.63) is 160 Å². The molecule has 0 saturated heterocycles. The van der Waals surface area contributed by atoms with Crippen LogP contribution in [-0.4, -0.2) is 16.3 Å². The Balaban J connectivity index is 1.17. The lowest BCUT2D eigenvalue weighted by molar-refractivity contribution is 0.332. The number of pyridine rings is 1. The quantitative estimate of drug-likeness (QED) is 0.165. The van der Waals surface area contributed by atoms with E-state index in [4.69, 9.17) is 4.98 Å². The Morgan fingerprint density at radius 2 is 0.692 bits per heavy atom. The van der Waals surface area contributed by atoms with Crippen molar-refractivity contribution >= 4 is 79.2 Å². The third-order valence-corrected chi connectivity index (χ3v) is 21.8. The Hall–Kier alpha value is -6.07. The van der Waals surface area contributed by atoms with Crippen LogP contribution in [0.15, 0.2) is 115 Å². The number of fused-ring (bicyclic) bond motifs is 11. The first kappa shape index (κ1) is 50.2. The number of rotatable bonds is 3. The number of aromatic nitrogens is 2. The average Bonchev–Trinajstić information content (AvgIpc) is 3.02. The fraction of sp³-hybridized carbons (Fsp3) is 0.438. The molecule has 0 atom stereocenters. The highest BCUT2D eigenvalue weighted by molar-refractivity contribution is 7.00. The van der Waals surface area contributed by atoms with Gasteiger partial charge >= 0.3 is 0 Å². The Morgan fingerprint density at radius 3 is 1.12 bits per heavy atom. The molecule has 2 aromatic heterocycles. The van der Waals surface area contributed by atoms with Crippen molar-refractivity contribution in [2.24, 2.45) is 0 Å². The number of hydrogen-bond donors (Lipinski definition) is 0. The molecule has 0 unspecified atom stereocenters. The van der Waals surface area contributed by atoms with Gasteiger partial charge in [0.1, 0.15) is 11.6 Å². The Labute approximate surface area is 467 Å². The summed E-state index contributed by atoms with van der Waals surface area (Å²) >= 11 is 0. The summed E-state index contributed by atoms with van der Waals surface area (Å²) in [6.45, 7) is 39.8. The number of nitrogens with zero attached hydrogens (tertiary/aromatic N) is 4. The number of hydrogen-bond acceptors (Lipinski definition) is 3. The maximum atomic E-state index is 6.27. The monoisotopic (exact) mass is 1030 g/mol. The summed E-state index contributed by atoms with van der Waals surface area (Å²) in [6.07, 6.45) is 9.30. The van der Waals surface area contributed by atoms with Crippen LogP contribution in [0.2, 0.25) is 0 Å². The molecule has 0 amide bonds. The van der Waals surface area contributed by atoms with E-state index in [0.717, 1.165) is 50.2 Å². The predicted molar refractivity (Wildman–Crippen MR) is 334 cm³/mol. The topological polar surface area (TPSA) is 24.3 Å². The molecule has 0 fully saturated rings. The van der Waals surface area contributed by atoms with E-state index < -0.39 is 0 Å². The van der Waals surface area contributed by atoms with Crippen LogP contribution in [-0.2, 0) is 43.3 Å². The SMILES string of the molecule is CC1(C)CCC(C)(C)c2cc(N3c4cc5c(cc4B4c6cc7c(cc6N(c6ccc8c(c6)C(C)(C)CCC8(C)C)c6nc(-n8c9ccccc9c9ccccc98)cc3c64)C(C)(C)CCC7(C)C)C(C)(C)CCC5(C)C)ccc21. The first-order valence-corrected chi connectivity index (χ1v) is 29.9. The molecule has 5 heteroatoms. The summed E-state index contributed by atoms with van der Waals surface area (Å²) in [7, 11) is 0. The van der Waals surface area contributed by atoms with Crippen LogP contribution in [0.4, 0.5) is 34.3 Å². The Kier molecular flexibility index (Phi) is 10.2. The van der Waals surface area contributed by atoms with Crippen LogP contribution in [0, 0.1) is 0 Å². The van der Waals surface area contributed by atoms with Crippen LogP contribution in [0.5, 0.6) is 0 Å². The molecule has 0 spiro atoms. The lowest BCUT2D eigenvalue weighted by Crippen LogP contribution is -2.62. The van der Waals surface area contributed by atoms with Gasteiger partial charge in [0.05, 0.1) is 11.0 Å². The summed E-state index contributed by atoms with van der Waals surface area (Å²) in [6, 6.07) is 46.5. The lowest BCUT2D eigenvalue weighted by atomic mass is 9.33. The molecule has 0 radical (unpaired) electrons. The van der Waals surface area contributed by atoms with Gasteiger partial charge in [0.15, 0.2) is 0 Å². The summed E-state index contributed by atoms with van der Waals surface area (Å²) in [5.74, 6) is 1.98. The molecule has 0 bridgehead atoms.